The van der Waals surface area contributed by atoms with Crippen LogP contribution < -0.4 is 0 Å². The van der Waals surface area contributed by atoms with Crippen molar-refractivity contribution in [3.63, 3.8) is 0 Å². The molecule has 1 atom stereocenters. The second-order valence-corrected chi connectivity index (χ2v) is 8.80. The molecule has 0 nitrogen and oxygen atoms in total. The van der Waals surface area contributed by atoms with E-state index in [2.05, 4.69) is 20.8 Å². The summed E-state index contributed by atoms with van der Waals surface area (Å²) in [5.41, 5.74) is 0. The molecule has 0 bridgehead atoms. The molecular weight excluding hydrogens is 252 g/mol. The first-order chi connectivity index (χ1) is 10.1. The number of hydrogen-bond acceptors (Lipinski definition) is 0. The molecule has 21 heavy (non-hydrogen) atoms. The lowest BCUT2D eigenvalue weighted by molar-refractivity contribution is 0.210. The van der Waals surface area contributed by atoms with E-state index in [1.807, 2.05) is 0 Å². The lowest BCUT2D eigenvalue weighted by Gasteiger charge is -2.31. The van der Waals surface area contributed by atoms with Gasteiger partial charge in [0.25, 0.3) is 0 Å². The minimum absolute atomic E-state index is 0.918. The van der Waals surface area contributed by atoms with Crippen LogP contribution in [0.3, 0.4) is 0 Å². The molecule has 2 saturated carbocycles. The summed E-state index contributed by atoms with van der Waals surface area (Å²) in [5.74, 6) is 5.09. The third-order valence-electron chi connectivity index (χ3n) is 6.60. The third-order valence-corrected chi connectivity index (χ3v) is 6.60. The lowest BCUT2D eigenvalue weighted by Crippen LogP contribution is -2.18. The van der Waals surface area contributed by atoms with Crippen LogP contribution in [0.15, 0.2) is 0 Å². The zero-order valence-electron chi connectivity index (χ0n) is 15.1. The van der Waals surface area contributed by atoms with E-state index >= 15 is 0 Å². The minimum atomic E-state index is 0.918. The van der Waals surface area contributed by atoms with Gasteiger partial charge in [-0.05, 0) is 48.9 Å². The van der Waals surface area contributed by atoms with Crippen LogP contribution in [0.1, 0.15) is 104 Å². The molecule has 2 fully saturated rings. The van der Waals surface area contributed by atoms with E-state index in [1.165, 1.54) is 83.5 Å². The quantitative estimate of drug-likeness (QED) is 0.464. The normalized spacial score (nSPS) is 29.7. The van der Waals surface area contributed by atoms with Crippen LogP contribution in [-0.4, -0.2) is 0 Å². The van der Waals surface area contributed by atoms with Crippen molar-refractivity contribution in [2.75, 3.05) is 0 Å². The molecule has 0 N–H and O–H groups in total. The van der Waals surface area contributed by atoms with E-state index in [9.17, 15) is 0 Å². The van der Waals surface area contributed by atoms with Crippen LogP contribution in [0.25, 0.3) is 0 Å². The predicted octanol–water partition coefficient (Wildman–Crippen LogP) is 7.23. The summed E-state index contributed by atoms with van der Waals surface area (Å²) in [6, 6.07) is 0. The van der Waals surface area contributed by atoms with Gasteiger partial charge in [0.05, 0.1) is 0 Å². The van der Waals surface area contributed by atoms with Crippen molar-refractivity contribution < 1.29 is 0 Å². The van der Waals surface area contributed by atoms with Gasteiger partial charge in [-0.15, -0.1) is 0 Å². The second-order valence-electron chi connectivity index (χ2n) is 8.80. The maximum Gasteiger partial charge on any atom is -0.0391 e. The first-order valence-electron chi connectivity index (χ1n) is 10.1. The summed E-state index contributed by atoms with van der Waals surface area (Å²) in [5, 5.41) is 0. The van der Waals surface area contributed by atoms with E-state index in [4.69, 9.17) is 0 Å². The van der Waals surface area contributed by atoms with Gasteiger partial charge in [0.2, 0.25) is 0 Å². The van der Waals surface area contributed by atoms with Crippen LogP contribution in [-0.2, 0) is 0 Å². The van der Waals surface area contributed by atoms with Crippen molar-refractivity contribution >= 4 is 0 Å². The van der Waals surface area contributed by atoms with Crippen LogP contribution >= 0.6 is 0 Å². The summed E-state index contributed by atoms with van der Waals surface area (Å²) >= 11 is 0. The summed E-state index contributed by atoms with van der Waals surface area (Å²) in [4.78, 5) is 0. The van der Waals surface area contributed by atoms with Crippen LogP contribution in [0.2, 0.25) is 0 Å². The molecule has 0 saturated heterocycles. The maximum absolute atomic E-state index is 2.52. The van der Waals surface area contributed by atoms with Crippen molar-refractivity contribution in [1.29, 1.82) is 0 Å². The van der Waals surface area contributed by atoms with Crippen molar-refractivity contribution in [1.82, 2.24) is 0 Å². The Balaban J connectivity index is 1.53. The van der Waals surface area contributed by atoms with Gasteiger partial charge in [0.1, 0.15) is 0 Å². The SMILES string of the molecule is CC(CCCC1CCC(C(C)C)CC1)CC1CCCCC1. The topological polar surface area (TPSA) is 0 Å². The molecule has 0 aromatic rings. The molecule has 2 aliphatic carbocycles. The van der Waals surface area contributed by atoms with Crippen molar-refractivity contribution in [3.8, 4) is 0 Å². The molecule has 2 rings (SSSR count). The molecule has 1 unspecified atom stereocenters. The molecular formula is C21H40. The number of hydrogen-bond donors (Lipinski definition) is 0. The maximum atomic E-state index is 2.52. The highest BCUT2D eigenvalue weighted by molar-refractivity contribution is 4.75. The minimum Gasteiger partial charge on any atom is -0.0625 e. The summed E-state index contributed by atoms with van der Waals surface area (Å²) in [6.07, 6.45) is 19.7. The van der Waals surface area contributed by atoms with Crippen molar-refractivity contribution in [3.05, 3.63) is 0 Å². The Morgan fingerprint density at radius 2 is 1.43 bits per heavy atom. The van der Waals surface area contributed by atoms with Crippen LogP contribution in [0, 0.1) is 29.6 Å². The molecule has 0 heterocycles. The first kappa shape index (κ1) is 17.4. The molecule has 0 amide bonds. The predicted molar refractivity (Wildman–Crippen MR) is 94.5 cm³/mol. The fraction of sp³-hybridized carbons (Fsp3) is 1.00. The Morgan fingerprint density at radius 3 is 2.05 bits per heavy atom. The average molecular weight is 293 g/mol. The Kier molecular flexibility index (Phi) is 7.61. The Hall–Kier alpha value is 0. The van der Waals surface area contributed by atoms with E-state index in [1.54, 1.807) is 0 Å². The summed E-state index contributed by atoms with van der Waals surface area (Å²) in [6.45, 7) is 7.35. The highest BCUT2D eigenvalue weighted by Gasteiger charge is 2.23. The monoisotopic (exact) mass is 292 g/mol. The fourth-order valence-corrected chi connectivity index (χ4v) is 5.01. The average Bonchev–Trinajstić information content (AvgIpc) is 2.49. The van der Waals surface area contributed by atoms with Gasteiger partial charge in [-0.3, -0.25) is 0 Å². The van der Waals surface area contributed by atoms with Gasteiger partial charge in [-0.1, -0.05) is 85.0 Å². The van der Waals surface area contributed by atoms with E-state index < -0.39 is 0 Å². The van der Waals surface area contributed by atoms with Gasteiger partial charge in [0.15, 0.2) is 0 Å². The molecule has 0 radical (unpaired) electrons. The largest absolute Gasteiger partial charge is 0.0625 e. The molecule has 0 aromatic heterocycles. The first-order valence-corrected chi connectivity index (χ1v) is 10.1. The molecule has 2 aliphatic rings. The van der Waals surface area contributed by atoms with Gasteiger partial charge < -0.3 is 0 Å². The Morgan fingerprint density at radius 1 is 0.762 bits per heavy atom. The van der Waals surface area contributed by atoms with Crippen LogP contribution in [0.5, 0.6) is 0 Å². The van der Waals surface area contributed by atoms with Gasteiger partial charge in [-0.25, -0.2) is 0 Å². The van der Waals surface area contributed by atoms with Crippen molar-refractivity contribution in [2.45, 2.75) is 104 Å². The standard InChI is InChI=1S/C21H40/c1-17(2)21-14-12-19(13-15-21)11-7-8-18(3)16-20-9-5-4-6-10-20/h17-21H,4-16H2,1-3H3. The van der Waals surface area contributed by atoms with Gasteiger partial charge in [0, 0.05) is 0 Å². The molecule has 0 spiro atoms. The Bertz CT molecular complexity index is 253. The Labute approximate surface area is 134 Å². The third kappa shape index (κ3) is 6.33. The number of rotatable bonds is 7. The molecule has 0 aromatic carbocycles. The van der Waals surface area contributed by atoms with Gasteiger partial charge >= 0.3 is 0 Å². The molecule has 0 aliphatic heterocycles. The zero-order chi connectivity index (χ0) is 15.1. The fourth-order valence-electron chi connectivity index (χ4n) is 5.01. The molecule has 124 valence electrons. The smallest absolute Gasteiger partial charge is 0.0391 e. The van der Waals surface area contributed by atoms with Gasteiger partial charge in [-0.2, -0.15) is 0 Å². The van der Waals surface area contributed by atoms with E-state index in [0.29, 0.717) is 0 Å². The van der Waals surface area contributed by atoms with Crippen molar-refractivity contribution in [2.24, 2.45) is 29.6 Å². The molecule has 0 heteroatoms. The van der Waals surface area contributed by atoms with E-state index in [0.717, 1.165) is 29.6 Å². The van der Waals surface area contributed by atoms with Crippen LogP contribution in [0.4, 0.5) is 0 Å². The summed E-state index contributed by atoms with van der Waals surface area (Å²) in [7, 11) is 0. The highest BCUT2D eigenvalue weighted by Crippen LogP contribution is 2.36. The highest BCUT2D eigenvalue weighted by atomic mass is 14.3. The summed E-state index contributed by atoms with van der Waals surface area (Å²) < 4.78 is 0. The zero-order valence-corrected chi connectivity index (χ0v) is 15.1. The lowest BCUT2D eigenvalue weighted by atomic mass is 9.75. The second kappa shape index (κ2) is 9.21. The van der Waals surface area contributed by atoms with E-state index in [-0.39, 0.29) is 0 Å².